The Morgan fingerprint density at radius 1 is 0.667 bits per heavy atom. The molecule has 1 heterocycles. The second kappa shape index (κ2) is 27.0. The number of aliphatic hydroxyl groups is 1. The quantitative estimate of drug-likeness (QED) is 0.0426. The summed E-state index contributed by atoms with van der Waals surface area (Å²) in [5.74, 6) is -0.0673. The molecule has 0 aliphatic carbocycles. The van der Waals surface area contributed by atoms with Gasteiger partial charge in [-0.05, 0) is 74.2 Å². The van der Waals surface area contributed by atoms with Crippen LogP contribution < -0.4 is 16.4 Å². The molecule has 1 aliphatic heterocycles. The summed E-state index contributed by atoms with van der Waals surface area (Å²) in [5.41, 5.74) is 10.8. The molecule has 0 bridgehead atoms. The van der Waals surface area contributed by atoms with Gasteiger partial charge in [0.1, 0.15) is 0 Å². The summed E-state index contributed by atoms with van der Waals surface area (Å²) in [4.78, 5) is 27.7. The minimum Gasteiger partial charge on any atom is -0.397 e. The number of nitrogens with one attached hydrogen (secondary N) is 2. The van der Waals surface area contributed by atoms with Gasteiger partial charge in [-0.25, -0.2) is 0 Å². The van der Waals surface area contributed by atoms with Crippen molar-refractivity contribution in [1.82, 2.24) is 4.90 Å². The zero-order valence-electron chi connectivity index (χ0n) is 35.0. The van der Waals surface area contributed by atoms with Crippen LogP contribution in [0.15, 0.2) is 72.8 Å². The van der Waals surface area contributed by atoms with Gasteiger partial charge in [0.05, 0.1) is 30.2 Å². The van der Waals surface area contributed by atoms with Gasteiger partial charge in [0, 0.05) is 37.1 Å². The van der Waals surface area contributed by atoms with E-state index in [-0.39, 0.29) is 30.6 Å². The molecule has 0 aromatic heterocycles. The Morgan fingerprint density at radius 2 is 1.21 bits per heavy atom. The van der Waals surface area contributed by atoms with Gasteiger partial charge in [0.25, 0.3) is 0 Å². The number of amides is 2. The molecule has 2 amide bonds. The molecular formula is C48H72N4O5. The number of ether oxygens (including phenoxy) is 2. The van der Waals surface area contributed by atoms with Crippen LogP contribution in [0.5, 0.6) is 0 Å². The molecule has 0 unspecified atom stereocenters. The minimum atomic E-state index is -0.534. The number of rotatable bonds is 28. The lowest BCUT2D eigenvalue weighted by Crippen LogP contribution is -2.40. The molecule has 5 N–H and O–H groups in total. The third-order valence-electron chi connectivity index (χ3n) is 11.0. The number of nitrogens with two attached hydrogens (primary N) is 1. The van der Waals surface area contributed by atoms with Gasteiger partial charge in [-0.2, -0.15) is 0 Å². The van der Waals surface area contributed by atoms with Crippen LogP contribution in [0.2, 0.25) is 0 Å². The summed E-state index contributed by atoms with van der Waals surface area (Å²) in [7, 11) is 0. The van der Waals surface area contributed by atoms with E-state index in [1.54, 1.807) is 12.1 Å². The average molecular weight is 785 g/mol. The number of nitrogens with zero attached hydrogens (tertiary/aromatic N) is 1. The van der Waals surface area contributed by atoms with Crippen LogP contribution in [-0.2, 0) is 25.7 Å². The highest BCUT2D eigenvalue weighted by atomic mass is 16.7. The molecule has 3 atom stereocenters. The van der Waals surface area contributed by atoms with Crippen molar-refractivity contribution >= 4 is 28.9 Å². The molecule has 0 spiro atoms. The standard InChI is InChI=1S/C48H72N4O5/c1-3-5-7-9-13-19-33-52(34-20-14-10-8-6-4-2)36-42-35-45(39-27-25-38(37-53)26-28-39)57-48(56-42)40-29-31-41(32-30-40)50-46(54)23-15-11-12-16-24-47(55)51-44-22-18-17-21-43(44)49/h17-18,21-22,25-32,42,45,48,53H,3-16,19-20,23-24,33-37,49H2,1-2H3,(H,50,54)(H,51,55)/t42-,45+,48+/m0/s1. The fourth-order valence-electron chi connectivity index (χ4n) is 7.54. The van der Waals surface area contributed by atoms with E-state index in [1.807, 2.05) is 48.5 Å². The number of nitrogen functional groups attached to an aromatic ring is 1. The lowest BCUT2D eigenvalue weighted by Gasteiger charge is -2.38. The van der Waals surface area contributed by atoms with Gasteiger partial charge in [-0.3, -0.25) is 9.59 Å². The third-order valence-corrected chi connectivity index (χ3v) is 11.0. The fraction of sp³-hybridized carbons (Fsp3) is 0.583. The van der Waals surface area contributed by atoms with E-state index >= 15 is 0 Å². The zero-order chi connectivity index (χ0) is 40.5. The maximum Gasteiger partial charge on any atom is 0.224 e. The summed E-state index contributed by atoms with van der Waals surface area (Å²) < 4.78 is 13.4. The van der Waals surface area contributed by atoms with Crippen molar-refractivity contribution in [2.24, 2.45) is 0 Å². The summed E-state index contributed by atoms with van der Waals surface area (Å²) in [6.07, 6.45) is 19.7. The van der Waals surface area contributed by atoms with Gasteiger partial charge in [0.2, 0.25) is 11.8 Å². The summed E-state index contributed by atoms with van der Waals surface area (Å²) in [6, 6.07) is 23.2. The van der Waals surface area contributed by atoms with Gasteiger partial charge >= 0.3 is 0 Å². The molecule has 314 valence electrons. The summed E-state index contributed by atoms with van der Waals surface area (Å²) in [5, 5.41) is 15.6. The molecular weight excluding hydrogens is 713 g/mol. The average Bonchev–Trinajstić information content (AvgIpc) is 3.22. The number of anilines is 3. The highest BCUT2D eigenvalue weighted by Crippen LogP contribution is 2.38. The number of hydrogen-bond acceptors (Lipinski definition) is 7. The predicted molar refractivity (Wildman–Crippen MR) is 234 cm³/mol. The first-order chi connectivity index (χ1) is 27.9. The largest absolute Gasteiger partial charge is 0.397 e. The Morgan fingerprint density at radius 3 is 1.81 bits per heavy atom. The summed E-state index contributed by atoms with van der Waals surface area (Å²) >= 11 is 0. The van der Waals surface area contributed by atoms with Crippen molar-refractivity contribution in [3.8, 4) is 0 Å². The fourth-order valence-corrected chi connectivity index (χ4v) is 7.54. The normalized spacial score (nSPS) is 16.8. The monoisotopic (exact) mass is 785 g/mol. The topological polar surface area (TPSA) is 126 Å². The number of para-hydroxylation sites is 2. The van der Waals surface area contributed by atoms with Crippen molar-refractivity contribution in [3.05, 3.63) is 89.5 Å². The van der Waals surface area contributed by atoms with E-state index in [4.69, 9.17) is 15.2 Å². The van der Waals surface area contributed by atoms with Gasteiger partial charge < -0.3 is 35.8 Å². The molecule has 9 heteroatoms. The minimum absolute atomic E-state index is 0.00266. The van der Waals surface area contributed by atoms with E-state index in [9.17, 15) is 14.7 Å². The molecule has 9 nitrogen and oxygen atoms in total. The second-order valence-electron chi connectivity index (χ2n) is 15.9. The number of benzene rings is 3. The smallest absolute Gasteiger partial charge is 0.224 e. The van der Waals surface area contributed by atoms with Gasteiger partial charge in [0.15, 0.2) is 6.29 Å². The van der Waals surface area contributed by atoms with Gasteiger partial charge in [-0.15, -0.1) is 0 Å². The van der Waals surface area contributed by atoms with E-state index in [1.165, 1.54) is 77.0 Å². The number of carbonyl (C=O) groups excluding carboxylic acids is 2. The Bertz CT molecular complexity index is 1530. The Kier molecular flexibility index (Phi) is 21.8. The van der Waals surface area contributed by atoms with Crippen LogP contribution in [0.3, 0.4) is 0 Å². The van der Waals surface area contributed by atoms with Crippen LogP contribution in [0, 0.1) is 0 Å². The van der Waals surface area contributed by atoms with Crippen molar-refractivity contribution in [2.75, 3.05) is 36.0 Å². The SMILES string of the molecule is CCCCCCCCN(CCCCCCCC)C[C@@H]1C[C@H](c2ccc(CO)cc2)O[C@H](c2ccc(NC(=O)CCCCCCC(=O)Nc3ccccc3N)cc2)O1. The maximum atomic E-state index is 12.8. The van der Waals surface area contributed by atoms with Crippen LogP contribution >= 0.6 is 0 Å². The Labute approximate surface area is 343 Å². The van der Waals surface area contributed by atoms with Crippen LogP contribution in [0.25, 0.3) is 0 Å². The number of hydrogen-bond donors (Lipinski definition) is 4. The van der Waals surface area contributed by atoms with E-state index in [0.717, 1.165) is 74.1 Å². The first kappa shape index (κ1) is 45.9. The number of aliphatic hydroxyl groups excluding tert-OH is 1. The Hall–Kier alpha value is -3.76. The van der Waals surface area contributed by atoms with E-state index in [0.29, 0.717) is 24.2 Å². The van der Waals surface area contributed by atoms with Crippen molar-refractivity contribution in [2.45, 2.75) is 161 Å². The molecule has 3 aromatic rings. The highest BCUT2D eigenvalue weighted by Gasteiger charge is 2.33. The molecule has 4 rings (SSSR count). The first-order valence-corrected chi connectivity index (χ1v) is 22.2. The van der Waals surface area contributed by atoms with Crippen molar-refractivity contribution in [1.29, 1.82) is 0 Å². The highest BCUT2D eigenvalue weighted by molar-refractivity contribution is 5.93. The maximum absolute atomic E-state index is 12.8. The molecule has 0 saturated carbocycles. The molecule has 1 saturated heterocycles. The number of unbranched alkanes of at least 4 members (excludes halogenated alkanes) is 13. The lowest BCUT2D eigenvalue weighted by molar-refractivity contribution is -0.253. The molecule has 3 aromatic carbocycles. The van der Waals surface area contributed by atoms with Crippen LogP contribution in [-0.4, -0.2) is 47.6 Å². The van der Waals surface area contributed by atoms with Crippen LogP contribution in [0.1, 0.15) is 165 Å². The van der Waals surface area contributed by atoms with Crippen molar-refractivity contribution < 1.29 is 24.2 Å². The first-order valence-electron chi connectivity index (χ1n) is 22.2. The lowest BCUT2D eigenvalue weighted by atomic mass is 9.99. The summed E-state index contributed by atoms with van der Waals surface area (Å²) in [6.45, 7) is 7.62. The second-order valence-corrected chi connectivity index (χ2v) is 15.9. The number of carbonyl (C=O) groups is 2. The molecule has 1 aliphatic rings. The van der Waals surface area contributed by atoms with Gasteiger partial charge in [-0.1, -0.05) is 139 Å². The van der Waals surface area contributed by atoms with Crippen LogP contribution in [0.4, 0.5) is 17.1 Å². The van der Waals surface area contributed by atoms with Crippen molar-refractivity contribution in [3.63, 3.8) is 0 Å². The predicted octanol–water partition coefficient (Wildman–Crippen LogP) is 11.2. The Balaban J connectivity index is 1.29. The molecule has 0 radical (unpaired) electrons. The molecule has 57 heavy (non-hydrogen) atoms. The zero-order valence-corrected chi connectivity index (χ0v) is 35.0. The third kappa shape index (κ3) is 17.7. The van der Waals surface area contributed by atoms with E-state index < -0.39 is 6.29 Å². The molecule has 1 fully saturated rings. The van der Waals surface area contributed by atoms with E-state index in [2.05, 4.69) is 41.5 Å².